The van der Waals surface area contributed by atoms with Crippen LogP contribution in [-0.4, -0.2) is 0 Å². The Hall–Kier alpha value is -1.18. The van der Waals surface area contributed by atoms with Crippen LogP contribution in [0.25, 0.3) is 0 Å². The first-order valence-corrected chi connectivity index (χ1v) is 6.33. The maximum atomic E-state index is 12.2. The van der Waals surface area contributed by atoms with Crippen LogP contribution in [0, 0.1) is 5.92 Å². The van der Waals surface area contributed by atoms with Gasteiger partial charge in [0.05, 0.1) is 0 Å². The summed E-state index contributed by atoms with van der Waals surface area (Å²) in [6.45, 7) is 0. The second-order valence-electron chi connectivity index (χ2n) is 4.79. The fourth-order valence-electron chi connectivity index (χ4n) is 2.87. The number of halogens is 2. The molecule has 0 spiro atoms. The molecule has 1 aromatic rings. The SMILES string of the molecule is FC(F)=CCC1CCCCC1c1ccccc1. The molecule has 0 N–H and O–H groups in total. The molecule has 2 rings (SSSR count). The highest BCUT2D eigenvalue weighted by atomic mass is 19.3. The number of hydrogen-bond donors (Lipinski definition) is 0. The van der Waals surface area contributed by atoms with Gasteiger partial charge in [-0.25, -0.2) is 0 Å². The minimum absolute atomic E-state index is 0.382. The zero-order valence-corrected chi connectivity index (χ0v) is 9.91. The Morgan fingerprint density at radius 2 is 1.82 bits per heavy atom. The predicted octanol–water partition coefficient (Wildman–Crippen LogP) is 5.13. The molecule has 0 aromatic heterocycles. The summed E-state index contributed by atoms with van der Waals surface area (Å²) in [5.74, 6) is 0.841. The summed E-state index contributed by atoms with van der Waals surface area (Å²) in [6, 6.07) is 10.3. The van der Waals surface area contributed by atoms with E-state index in [1.807, 2.05) is 18.2 Å². The standard InChI is InChI=1S/C15H18F2/c16-15(17)11-10-13-8-4-5-9-14(13)12-6-2-1-3-7-12/h1-3,6-7,11,13-14H,4-5,8-10H2. The van der Waals surface area contributed by atoms with E-state index in [9.17, 15) is 8.78 Å². The average molecular weight is 236 g/mol. The fraction of sp³-hybridized carbons (Fsp3) is 0.467. The minimum Gasteiger partial charge on any atom is -0.174 e. The number of rotatable bonds is 3. The first-order valence-electron chi connectivity index (χ1n) is 6.33. The molecule has 0 nitrogen and oxygen atoms in total. The summed E-state index contributed by atoms with van der Waals surface area (Å²) in [5.41, 5.74) is 1.31. The molecule has 0 bridgehead atoms. The third kappa shape index (κ3) is 3.39. The van der Waals surface area contributed by atoms with E-state index in [4.69, 9.17) is 0 Å². The number of allylic oxidation sites excluding steroid dienone is 1. The van der Waals surface area contributed by atoms with Gasteiger partial charge in [0.1, 0.15) is 0 Å². The van der Waals surface area contributed by atoms with E-state index in [2.05, 4.69) is 12.1 Å². The molecular weight excluding hydrogens is 218 g/mol. The van der Waals surface area contributed by atoms with Gasteiger partial charge in [-0.05, 0) is 42.7 Å². The summed E-state index contributed by atoms with van der Waals surface area (Å²) in [4.78, 5) is 0. The van der Waals surface area contributed by atoms with Crippen molar-refractivity contribution >= 4 is 0 Å². The van der Waals surface area contributed by atoms with Gasteiger partial charge in [0.2, 0.25) is 0 Å². The lowest BCUT2D eigenvalue weighted by atomic mass is 9.74. The highest BCUT2D eigenvalue weighted by Gasteiger charge is 2.25. The van der Waals surface area contributed by atoms with Crippen molar-refractivity contribution < 1.29 is 8.78 Å². The molecule has 0 aliphatic heterocycles. The second kappa shape index (κ2) is 5.95. The van der Waals surface area contributed by atoms with Gasteiger partial charge in [0, 0.05) is 0 Å². The lowest BCUT2D eigenvalue weighted by Gasteiger charge is -2.31. The molecule has 0 amide bonds. The van der Waals surface area contributed by atoms with Crippen molar-refractivity contribution in [2.45, 2.75) is 38.0 Å². The maximum absolute atomic E-state index is 12.2. The van der Waals surface area contributed by atoms with Crippen molar-refractivity contribution in [3.8, 4) is 0 Å². The lowest BCUT2D eigenvalue weighted by Crippen LogP contribution is -2.17. The number of benzene rings is 1. The Bertz CT molecular complexity index is 366. The van der Waals surface area contributed by atoms with Crippen LogP contribution >= 0.6 is 0 Å². The Labute approximate surface area is 101 Å². The average Bonchev–Trinajstić information content (AvgIpc) is 2.38. The van der Waals surface area contributed by atoms with Crippen LogP contribution < -0.4 is 0 Å². The van der Waals surface area contributed by atoms with Crippen LogP contribution in [0.1, 0.15) is 43.6 Å². The molecule has 2 atom stereocenters. The molecule has 1 aromatic carbocycles. The van der Waals surface area contributed by atoms with Crippen LogP contribution in [0.4, 0.5) is 8.78 Å². The van der Waals surface area contributed by atoms with Crippen molar-refractivity contribution in [1.29, 1.82) is 0 Å². The van der Waals surface area contributed by atoms with E-state index in [0.717, 1.165) is 18.9 Å². The predicted molar refractivity (Wildman–Crippen MR) is 66.1 cm³/mol. The maximum Gasteiger partial charge on any atom is 0.266 e. The summed E-state index contributed by atoms with van der Waals surface area (Å²) in [7, 11) is 0. The van der Waals surface area contributed by atoms with E-state index in [1.54, 1.807) is 0 Å². The molecule has 92 valence electrons. The van der Waals surface area contributed by atoms with Crippen LogP contribution in [0.5, 0.6) is 0 Å². The molecule has 17 heavy (non-hydrogen) atoms. The molecule has 1 fully saturated rings. The van der Waals surface area contributed by atoms with Crippen LogP contribution in [-0.2, 0) is 0 Å². The van der Waals surface area contributed by atoms with Crippen molar-refractivity contribution in [2.24, 2.45) is 5.92 Å². The fourth-order valence-corrected chi connectivity index (χ4v) is 2.87. The van der Waals surface area contributed by atoms with E-state index in [-0.39, 0.29) is 0 Å². The Balaban J connectivity index is 2.10. The van der Waals surface area contributed by atoms with Crippen LogP contribution in [0.15, 0.2) is 42.5 Å². The minimum atomic E-state index is -1.54. The third-order valence-corrected chi connectivity index (χ3v) is 3.71. The van der Waals surface area contributed by atoms with E-state index in [1.165, 1.54) is 18.4 Å². The topological polar surface area (TPSA) is 0 Å². The second-order valence-corrected chi connectivity index (χ2v) is 4.79. The van der Waals surface area contributed by atoms with Crippen molar-refractivity contribution in [3.63, 3.8) is 0 Å². The summed E-state index contributed by atoms with van der Waals surface area (Å²) < 4.78 is 24.4. The highest BCUT2D eigenvalue weighted by molar-refractivity contribution is 5.21. The Kier molecular flexibility index (Phi) is 4.29. The zero-order valence-electron chi connectivity index (χ0n) is 9.91. The van der Waals surface area contributed by atoms with E-state index in [0.29, 0.717) is 18.3 Å². The summed E-state index contributed by atoms with van der Waals surface area (Å²) >= 11 is 0. The molecule has 1 aliphatic rings. The normalized spacial score (nSPS) is 24.4. The molecule has 0 heterocycles. The molecule has 2 heteroatoms. The van der Waals surface area contributed by atoms with Crippen molar-refractivity contribution in [1.82, 2.24) is 0 Å². The molecule has 1 aliphatic carbocycles. The van der Waals surface area contributed by atoms with Gasteiger partial charge in [0.25, 0.3) is 6.08 Å². The van der Waals surface area contributed by atoms with Gasteiger partial charge < -0.3 is 0 Å². The van der Waals surface area contributed by atoms with Gasteiger partial charge in [-0.15, -0.1) is 0 Å². The largest absolute Gasteiger partial charge is 0.266 e. The highest BCUT2D eigenvalue weighted by Crippen LogP contribution is 2.39. The van der Waals surface area contributed by atoms with Gasteiger partial charge in [-0.2, -0.15) is 8.78 Å². The van der Waals surface area contributed by atoms with Gasteiger partial charge in [-0.1, -0.05) is 43.2 Å². The Morgan fingerprint density at radius 1 is 1.12 bits per heavy atom. The third-order valence-electron chi connectivity index (χ3n) is 3.71. The quantitative estimate of drug-likeness (QED) is 0.682. The Morgan fingerprint density at radius 3 is 2.53 bits per heavy atom. The molecule has 1 saturated carbocycles. The van der Waals surface area contributed by atoms with Gasteiger partial charge in [-0.3, -0.25) is 0 Å². The van der Waals surface area contributed by atoms with Gasteiger partial charge >= 0.3 is 0 Å². The molecule has 2 unspecified atom stereocenters. The monoisotopic (exact) mass is 236 g/mol. The van der Waals surface area contributed by atoms with Crippen molar-refractivity contribution in [3.05, 3.63) is 48.1 Å². The summed E-state index contributed by atoms with van der Waals surface area (Å²) in [5, 5.41) is 0. The van der Waals surface area contributed by atoms with E-state index < -0.39 is 6.08 Å². The molecule has 0 saturated heterocycles. The van der Waals surface area contributed by atoms with Gasteiger partial charge in [0.15, 0.2) is 0 Å². The van der Waals surface area contributed by atoms with E-state index >= 15 is 0 Å². The number of hydrogen-bond acceptors (Lipinski definition) is 0. The first kappa shape index (κ1) is 12.3. The van der Waals surface area contributed by atoms with Crippen molar-refractivity contribution in [2.75, 3.05) is 0 Å². The smallest absolute Gasteiger partial charge is 0.174 e. The molecule has 0 radical (unpaired) electrons. The lowest BCUT2D eigenvalue weighted by molar-refractivity contribution is 0.304. The summed E-state index contributed by atoms with van der Waals surface area (Å²) in [6.07, 6.45) is 4.67. The zero-order chi connectivity index (χ0) is 12.1. The molecular formula is C15H18F2. The van der Waals surface area contributed by atoms with Crippen LogP contribution in [0.3, 0.4) is 0 Å². The van der Waals surface area contributed by atoms with Crippen LogP contribution in [0.2, 0.25) is 0 Å². The first-order chi connectivity index (χ1) is 8.27.